The molecule has 0 aliphatic heterocycles. The summed E-state index contributed by atoms with van der Waals surface area (Å²) in [7, 11) is -3.90. The van der Waals surface area contributed by atoms with Gasteiger partial charge in [-0.1, -0.05) is 30.0 Å². The molecule has 0 fully saturated rings. The molecule has 12 heteroatoms. The molecule has 0 unspecified atom stereocenters. The largest absolute Gasteiger partial charge is 1.00 e. The number of carbonyl (C=O) groups excluding carboxylic acids is 2. The molecule has 4 rings (SSSR count). The van der Waals surface area contributed by atoms with Crippen LogP contribution in [0.3, 0.4) is 0 Å². The predicted octanol–water partition coefficient (Wildman–Crippen LogP) is 1.62. The SMILES string of the molecule is Cc1ccnc(NS(=O)(=O)c2ccc(NC(=O)c3ccccc3SC(=O)CCCC[n+]3ccccc3)cc2)n1.[Br-]. The Hall–Kier alpha value is -3.61. The molecule has 9 nitrogen and oxygen atoms in total. The van der Waals surface area contributed by atoms with Crippen molar-refractivity contribution >= 4 is 44.4 Å². The zero-order valence-corrected chi connectivity index (χ0v) is 24.9. The first kappa shape index (κ1) is 30.9. The Bertz CT molecular complexity index is 1550. The van der Waals surface area contributed by atoms with Gasteiger partial charge in [-0.05, 0) is 55.8 Å². The number of carbonyl (C=O) groups is 2. The van der Waals surface area contributed by atoms with Crippen LogP contribution in [0.4, 0.5) is 11.6 Å². The van der Waals surface area contributed by atoms with Crippen LogP contribution in [0, 0.1) is 6.92 Å². The molecule has 4 aromatic rings. The van der Waals surface area contributed by atoms with Gasteiger partial charge in [0.1, 0.15) is 6.54 Å². The van der Waals surface area contributed by atoms with Crippen molar-refractivity contribution in [3.05, 3.63) is 103 Å². The van der Waals surface area contributed by atoms with Gasteiger partial charge in [-0.15, -0.1) is 0 Å². The van der Waals surface area contributed by atoms with Gasteiger partial charge in [0.15, 0.2) is 17.5 Å². The van der Waals surface area contributed by atoms with Crippen LogP contribution in [0.5, 0.6) is 0 Å². The fourth-order valence-electron chi connectivity index (χ4n) is 3.66. The normalized spacial score (nSPS) is 10.8. The maximum absolute atomic E-state index is 13.0. The number of thioether (sulfide) groups is 1. The third-order valence-electron chi connectivity index (χ3n) is 5.62. The third-order valence-corrected chi connectivity index (χ3v) is 7.97. The van der Waals surface area contributed by atoms with Crippen LogP contribution < -0.4 is 31.6 Å². The number of amides is 1. The molecular formula is C28H28BrN5O4S2. The van der Waals surface area contributed by atoms with Gasteiger partial charge in [-0.3, -0.25) is 9.59 Å². The van der Waals surface area contributed by atoms with E-state index in [0.717, 1.165) is 31.1 Å². The standard InChI is InChI=1S/C28H27N5O4S2.BrH/c1-21-16-17-29-28(30-21)32-39(36,37)23-14-12-22(13-15-23)31-27(35)24-9-3-4-10-25(24)38-26(34)11-5-8-20-33-18-6-2-7-19-33;/h2-4,6-7,9-10,12-19H,5,8,11,20H2,1H3,(H-,29,30,31,32,35);1H. The molecule has 0 bridgehead atoms. The summed E-state index contributed by atoms with van der Waals surface area (Å²) in [5.41, 5.74) is 1.41. The Labute approximate surface area is 248 Å². The quantitative estimate of drug-likeness (QED) is 0.145. The Kier molecular flexibility index (Phi) is 11.4. The number of benzene rings is 2. The number of halogens is 1. The molecule has 0 spiro atoms. The van der Waals surface area contributed by atoms with E-state index in [4.69, 9.17) is 0 Å². The molecule has 2 aromatic heterocycles. The van der Waals surface area contributed by atoms with Crippen LogP contribution in [-0.2, 0) is 21.4 Å². The van der Waals surface area contributed by atoms with Gasteiger partial charge >= 0.3 is 0 Å². The van der Waals surface area contributed by atoms with Crippen LogP contribution in [0.1, 0.15) is 35.3 Å². The van der Waals surface area contributed by atoms with Crippen LogP contribution in [-0.4, -0.2) is 29.4 Å². The molecule has 0 atom stereocenters. The lowest BCUT2D eigenvalue weighted by Gasteiger charge is -2.11. The number of nitrogens with one attached hydrogen (secondary N) is 2. The van der Waals surface area contributed by atoms with Crippen molar-refractivity contribution in [3.63, 3.8) is 0 Å². The number of anilines is 2. The number of nitrogens with zero attached hydrogens (tertiary/aromatic N) is 3. The number of hydrogen-bond donors (Lipinski definition) is 2. The van der Waals surface area contributed by atoms with Crippen LogP contribution in [0.25, 0.3) is 0 Å². The van der Waals surface area contributed by atoms with E-state index in [9.17, 15) is 18.0 Å². The molecule has 2 heterocycles. The summed E-state index contributed by atoms with van der Waals surface area (Å²) < 4.78 is 29.8. The number of rotatable bonds is 11. The second-order valence-corrected chi connectivity index (χ2v) is 11.4. The molecule has 0 saturated carbocycles. The molecular weight excluding hydrogens is 614 g/mol. The number of pyridine rings is 1. The topological polar surface area (TPSA) is 122 Å². The van der Waals surface area contributed by atoms with E-state index in [0.29, 0.717) is 28.3 Å². The fraction of sp³-hybridized carbons (Fsp3) is 0.179. The van der Waals surface area contributed by atoms with Crippen molar-refractivity contribution in [2.24, 2.45) is 0 Å². The number of sulfonamides is 1. The Morgan fingerprint density at radius 3 is 2.38 bits per heavy atom. The van der Waals surface area contributed by atoms with Gasteiger partial charge in [0.2, 0.25) is 5.95 Å². The number of hydrogen-bond acceptors (Lipinski definition) is 7. The molecule has 2 aromatic carbocycles. The number of unbranched alkanes of at least 4 members (excludes halogenated alkanes) is 1. The van der Waals surface area contributed by atoms with E-state index in [1.165, 1.54) is 30.5 Å². The van der Waals surface area contributed by atoms with Crippen molar-refractivity contribution < 1.29 is 39.6 Å². The average molecular weight is 643 g/mol. The van der Waals surface area contributed by atoms with Gasteiger partial charge in [0.05, 0.1) is 10.5 Å². The van der Waals surface area contributed by atoms with E-state index >= 15 is 0 Å². The van der Waals surface area contributed by atoms with Gasteiger partial charge < -0.3 is 22.3 Å². The summed E-state index contributed by atoms with van der Waals surface area (Å²) >= 11 is 1.06. The molecule has 0 aliphatic carbocycles. The summed E-state index contributed by atoms with van der Waals surface area (Å²) in [6.45, 7) is 2.57. The van der Waals surface area contributed by atoms with Crippen molar-refractivity contribution in [2.75, 3.05) is 10.0 Å². The monoisotopic (exact) mass is 641 g/mol. The van der Waals surface area contributed by atoms with Gasteiger partial charge in [0.25, 0.3) is 15.9 Å². The van der Waals surface area contributed by atoms with Crippen molar-refractivity contribution in [1.82, 2.24) is 9.97 Å². The second-order valence-electron chi connectivity index (χ2n) is 8.65. The van der Waals surface area contributed by atoms with E-state index in [-0.39, 0.29) is 32.9 Å². The summed E-state index contributed by atoms with van der Waals surface area (Å²) in [5, 5.41) is 2.77. The third kappa shape index (κ3) is 8.97. The molecule has 0 radical (unpaired) electrons. The lowest BCUT2D eigenvalue weighted by atomic mass is 10.2. The minimum Gasteiger partial charge on any atom is -1.00 e. The zero-order valence-electron chi connectivity index (χ0n) is 21.7. The smallest absolute Gasteiger partial charge is 0.264 e. The van der Waals surface area contributed by atoms with E-state index in [1.807, 2.05) is 30.6 Å². The van der Waals surface area contributed by atoms with Crippen molar-refractivity contribution in [3.8, 4) is 0 Å². The highest BCUT2D eigenvalue weighted by Crippen LogP contribution is 2.26. The first-order chi connectivity index (χ1) is 18.8. The lowest BCUT2D eigenvalue weighted by molar-refractivity contribution is -0.697. The molecule has 2 N–H and O–H groups in total. The summed E-state index contributed by atoms with van der Waals surface area (Å²) in [6, 6.07) is 20.2. The number of aromatic nitrogens is 3. The highest BCUT2D eigenvalue weighted by Gasteiger charge is 2.18. The molecule has 0 saturated heterocycles. The lowest BCUT2D eigenvalue weighted by Crippen LogP contribution is -3.00. The second kappa shape index (κ2) is 14.7. The predicted molar refractivity (Wildman–Crippen MR) is 150 cm³/mol. The maximum atomic E-state index is 13.0. The minimum atomic E-state index is -3.90. The van der Waals surface area contributed by atoms with E-state index in [2.05, 4.69) is 24.6 Å². The first-order valence-electron chi connectivity index (χ1n) is 12.3. The van der Waals surface area contributed by atoms with Crippen molar-refractivity contribution in [1.29, 1.82) is 0 Å². The summed E-state index contributed by atoms with van der Waals surface area (Å²) in [5.74, 6) is -0.417. The average Bonchev–Trinajstić information content (AvgIpc) is 2.92. The van der Waals surface area contributed by atoms with Gasteiger partial charge in [0, 0.05) is 47.4 Å². The molecule has 208 valence electrons. The Balaban J connectivity index is 0.00000441. The van der Waals surface area contributed by atoms with Crippen LogP contribution in [0.15, 0.2) is 101 Å². The van der Waals surface area contributed by atoms with Crippen molar-refractivity contribution in [2.45, 2.75) is 42.5 Å². The van der Waals surface area contributed by atoms with Gasteiger partial charge in [-0.25, -0.2) is 27.7 Å². The Morgan fingerprint density at radius 1 is 0.925 bits per heavy atom. The number of aryl methyl sites for hydroxylation is 2. The zero-order chi connectivity index (χ0) is 27.7. The minimum absolute atomic E-state index is 0. The fourth-order valence-corrected chi connectivity index (χ4v) is 5.52. The molecule has 0 aliphatic rings. The highest BCUT2D eigenvalue weighted by atomic mass is 79.9. The summed E-state index contributed by atoms with van der Waals surface area (Å²) in [6.07, 6.45) is 7.49. The Morgan fingerprint density at radius 2 is 1.65 bits per heavy atom. The highest BCUT2D eigenvalue weighted by molar-refractivity contribution is 8.13. The van der Waals surface area contributed by atoms with Crippen LogP contribution >= 0.6 is 11.8 Å². The molecule has 40 heavy (non-hydrogen) atoms. The van der Waals surface area contributed by atoms with Crippen LogP contribution in [0.2, 0.25) is 0 Å². The van der Waals surface area contributed by atoms with E-state index < -0.39 is 15.9 Å². The summed E-state index contributed by atoms with van der Waals surface area (Å²) in [4.78, 5) is 34.1. The van der Waals surface area contributed by atoms with Gasteiger partial charge in [-0.2, -0.15) is 0 Å². The first-order valence-corrected chi connectivity index (χ1v) is 14.6. The maximum Gasteiger partial charge on any atom is 0.264 e. The van der Waals surface area contributed by atoms with E-state index in [1.54, 1.807) is 37.3 Å². The molecule has 1 amide bonds.